The summed E-state index contributed by atoms with van der Waals surface area (Å²) in [6, 6.07) is 69.2. The van der Waals surface area contributed by atoms with Crippen LogP contribution in [-0.2, 0) is 5.41 Å². The first kappa shape index (κ1) is 35.0. The number of aromatic nitrogens is 3. The molecule has 8 aromatic carbocycles. The fraction of sp³-hybridized carbons (Fsp3) is 0.0556. The molecule has 0 radical (unpaired) electrons. The van der Waals surface area contributed by atoms with Crippen molar-refractivity contribution in [3.8, 4) is 56.4 Å². The molecule has 0 aliphatic heterocycles. The lowest BCUT2D eigenvalue weighted by Crippen LogP contribution is -2.16. The van der Waals surface area contributed by atoms with E-state index in [1.807, 2.05) is 72.0 Å². The van der Waals surface area contributed by atoms with Gasteiger partial charge in [-0.25, -0.2) is 15.0 Å². The van der Waals surface area contributed by atoms with E-state index in [0.717, 1.165) is 33.8 Å². The van der Waals surface area contributed by atoms with E-state index in [4.69, 9.17) is 15.0 Å². The summed E-state index contributed by atoms with van der Waals surface area (Å²) in [6.45, 7) is 4.69. The molecular formula is C54H38N4S. The van der Waals surface area contributed by atoms with Gasteiger partial charge in [0.1, 0.15) is 0 Å². The molecule has 2 heterocycles. The Kier molecular flexibility index (Phi) is 8.31. The summed E-state index contributed by atoms with van der Waals surface area (Å²) in [7, 11) is 0. The molecule has 11 rings (SSSR count). The minimum absolute atomic E-state index is 0.121. The molecule has 0 atom stereocenters. The van der Waals surface area contributed by atoms with Gasteiger partial charge in [-0.2, -0.15) is 0 Å². The van der Waals surface area contributed by atoms with Crippen LogP contribution in [0.25, 0.3) is 76.6 Å². The van der Waals surface area contributed by atoms with Gasteiger partial charge in [0.15, 0.2) is 17.5 Å². The van der Waals surface area contributed by atoms with E-state index >= 15 is 0 Å². The minimum Gasteiger partial charge on any atom is -0.310 e. The van der Waals surface area contributed by atoms with Crippen LogP contribution in [0.2, 0.25) is 0 Å². The van der Waals surface area contributed by atoms with E-state index in [2.05, 4.69) is 152 Å². The van der Waals surface area contributed by atoms with Crippen LogP contribution in [0.1, 0.15) is 25.0 Å². The average molecular weight is 775 g/mol. The number of thiophene rings is 1. The molecule has 1 aliphatic carbocycles. The molecule has 280 valence electrons. The topological polar surface area (TPSA) is 41.9 Å². The van der Waals surface area contributed by atoms with Gasteiger partial charge < -0.3 is 4.90 Å². The van der Waals surface area contributed by atoms with Gasteiger partial charge in [0.25, 0.3) is 0 Å². The van der Waals surface area contributed by atoms with Crippen LogP contribution >= 0.6 is 11.3 Å². The molecule has 2 aromatic heterocycles. The van der Waals surface area contributed by atoms with E-state index in [9.17, 15) is 0 Å². The number of anilines is 3. The number of fused-ring (bicyclic) bond motifs is 6. The summed E-state index contributed by atoms with van der Waals surface area (Å²) in [4.78, 5) is 17.4. The molecule has 0 amide bonds. The average Bonchev–Trinajstić information content (AvgIpc) is 3.78. The lowest BCUT2D eigenvalue weighted by molar-refractivity contribution is 0.660. The minimum atomic E-state index is -0.121. The van der Waals surface area contributed by atoms with E-state index in [1.54, 1.807) is 0 Å². The van der Waals surface area contributed by atoms with Gasteiger partial charge in [-0.15, -0.1) is 11.3 Å². The summed E-state index contributed by atoms with van der Waals surface area (Å²) in [5.74, 6) is 1.96. The highest BCUT2D eigenvalue weighted by Gasteiger charge is 2.35. The second-order valence-corrected chi connectivity index (χ2v) is 16.8. The van der Waals surface area contributed by atoms with Gasteiger partial charge in [-0.1, -0.05) is 147 Å². The van der Waals surface area contributed by atoms with Crippen molar-refractivity contribution < 1.29 is 0 Å². The smallest absolute Gasteiger partial charge is 0.164 e. The summed E-state index contributed by atoms with van der Waals surface area (Å²) < 4.78 is 2.45. The summed E-state index contributed by atoms with van der Waals surface area (Å²) in [5, 5.41) is 2.38. The Labute approximate surface area is 347 Å². The SMILES string of the molecule is CC1(C)c2ccccc2-c2ccc(N(c3ccc(-c4ccccc4)cc3)c3ccc4sc5ccc(-c6nc(-c7ccccc7)nc(-c7ccccc7)n6)cc5c4c3)cc21. The van der Waals surface area contributed by atoms with Gasteiger partial charge in [-0.3, -0.25) is 0 Å². The number of hydrogen-bond donors (Lipinski definition) is 0. The first-order valence-corrected chi connectivity index (χ1v) is 20.8. The molecule has 0 saturated carbocycles. The fourth-order valence-electron chi connectivity index (χ4n) is 8.69. The van der Waals surface area contributed by atoms with Gasteiger partial charge in [0.2, 0.25) is 0 Å². The zero-order valence-corrected chi connectivity index (χ0v) is 33.5. The molecule has 0 fully saturated rings. The third kappa shape index (κ3) is 6.10. The lowest BCUT2D eigenvalue weighted by atomic mass is 9.82. The number of hydrogen-bond acceptors (Lipinski definition) is 5. The zero-order chi connectivity index (χ0) is 39.5. The van der Waals surface area contributed by atoms with Gasteiger partial charge >= 0.3 is 0 Å². The van der Waals surface area contributed by atoms with Crippen molar-refractivity contribution in [1.82, 2.24) is 15.0 Å². The highest BCUT2D eigenvalue weighted by molar-refractivity contribution is 7.25. The predicted octanol–water partition coefficient (Wildman–Crippen LogP) is 14.7. The van der Waals surface area contributed by atoms with Crippen LogP contribution in [0, 0.1) is 0 Å². The Morgan fingerprint density at radius 1 is 0.373 bits per heavy atom. The molecule has 10 aromatic rings. The van der Waals surface area contributed by atoms with E-state index in [-0.39, 0.29) is 5.41 Å². The van der Waals surface area contributed by atoms with E-state index < -0.39 is 0 Å². The molecular weight excluding hydrogens is 737 g/mol. The third-order valence-electron chi connectivity index (χ3n) is 11.7. The van der Waals surface area contributed by atoms with E-state index in [1.165, 1.54) is 53.6 Å². The maximum Gasteiger partial charge on any atom is 0.164 e. The Morgan fingerprint density at radius 3 is 1.49 bits per heavy atom. The number of rotatable bonds is 7. The molecule has 5 heteroatoms. The van der Waals surface area contributed by atoms with Crippen molar-refractivity contribution in [2.75, 3.05) is 4.90 Å². The van der Waals surface area contributed by atoms with Crippen LogP contribution in [0.4, 0.5) is 17.1 Å². The van der Waals surface area contributed by atoms with Gasteiger partial charge in [-0.05, 0) is 94.0 Å². The summed E-state index contributed by atoms with van der Waals surface area (Å²) >= 11 is 1.81. The van der Waals surface area contributed by atoms with Crippen LogP contribution in [0.5, 0.6) is 0 Å². The van der Waals surface area contributed by atoms with Crippen LogP contribution in [0.15, 0.2) is 194 Å². The van der Waals surface area contributed by atoms with Crippen molar-refractivity contribution in [1.29, 1.82) is 0 Å². The Balaban J connectivity index is 1.06. The Bertz CT molecular complexity index is 3120. The van der Waals surface area contributed by atoms with Crippen molar-refractivity contribution >= 4 is 48.6 Å². The maximum atomic E-state index is 5.05. The van der Waals surface area contributed by atoms with Crippen molar-refractivity contribution in [3.05, 3.63) is 205 Å². The predicted molar refractivity (Wildman–Crippen MR) is 247 cm³/mol. The first-order valence-electron chi connectivity index (χ1n) is 20.0. The highest BCUT2D eigenvalue weighted by Crippen LogP contribution is 2.51. The Morgan fingerprint density at radius 2 is 0.831 bits per heavy atom. The van der Waals surface area contributed by atoms with Crippen LogP contribution in [-0.4, -0.2) is 15.0 Å². The molecule has 0 bridgehead atoms. The van der Waals surface area contributed by atoms with Crippen LogP contribution in [0.3, 0.4) is 0 Å². The van der Waals surface area contributed by atoms with Gasteiger partial charge in [0, 0.05) is 59.3 Å². The third-order valence-corrected chi connectivity index (χ3v) is 12.9. The number of nitrogens with zero attached hydrogens (tertiary/aromatic N) is 4. The van der Waals surface area contributed by atoms with Crippen molar-refractivity contribution in [2.45, 2.75) is 19.3 Å². The first-order chi connectivity index (χ1) is 29.0. The molecule has 59 heavy (non-hydrogen) atoms. The standard InChI is InChI=1S/C54H38N4S/c1-54(2)47-21-13-12-20-43(47)44-29-27-42(34-48(44)54)58(40-25-22-36(23-26-40)35-14-6-3-7-15-35)41-28-31-50-46(33-41)45-32-39(24-30-49(45)59-50)53-56-51(37-16-8-4-9-17-37)55-52(57-53)38-18-10-5-11-19-38/h3-34H,1-2H3. The molecule has 4 nitrogen and oxygen atoms in total. The molecule has 0 spiro atoms. The largest absolute Gasteiger partial charge is 0.310 e. The lowest BCUT2D eigenvalue weighted by Gasteiger charge is -2.28. The second kappa shape index (κ2) is 14.0. The quantitative estimate of drug-likeness (QED) is 0.162. The van der Waals surface area contributed by atoms with Crippen LogP contribution < -0.4 is 4.90 Å². The summed E-state index contributed by atoms with van der Waals surface area (Å²) in [5.41, 5.74) is 13.8. The molecule has 1 aliphatic rings. The normalized spacial score (nSPS) is 12.7. The monoisotopic (exact) mass is 774 g/mol. The van der Waals surface area contributed by atoms with Gasteiger partial charge in [0.05, 0.1) is 0 Å². The van der Waals surface area contributed by atoms with Crippen molar-refractivity contribution in [3.63, 3.8) is 0 Å². The highest BCUT2D eigenvalue weighted by atomic mass is 32.1. The fourth-order valence-corrected chi connectivity index (χ4v) is 9.76. The maximum absolute atomic E-state index is 5.05. The summed E-state index contributed by atoms with van der Waals surface area (Å²) in [6.07, 6.45) is 0. The molecule has 0 saturated heterocycles. The van der Waals surface area contributed by atoms with Crippen molar-refractivity contribution in [2.24, 2.45) is 0 Å². The number of benzene rings is 8. The van der Waals surface area contributed by atoms with E-state index in [0.29, 0.717) is 17.5 Å². The Hall–Kier alpha value is -7.21. The second-order valence-electron chi connectivity index (χ2n) is 15.7. The molecule has 0 N–H and O–H groups in total. The molecule has 0 unspecified atom stereocenters. The zero-order valence-electron chi connectivity index (χ0n) is 32.7.